The first-order chi connectivity index (χ1) is 8.69. The fourth-order valence-corrected chi connectivity index (χ4v) is 3.24. The summed E-state index contributed by atoms with van der Waals surface area (Å²) in [6.45, 7) is 2.74. The highest BCUT2D eigenvalue weighted by Crippen LogP contribution is 2.25. The van der Waals surface area contributed by atoms with Crippen molar-refractivity contribution in [1.29, 1.82) is 0 Å². The van der Waals surface area contributed by atoms with Crippen molar-refractivity contribution in [2.45, 2.75) is 31.4 Å². The molecule has 5 heteroatoms. The molecule has 1 aromatic rings. The Morgan fingerprint density at radius 1 is 1.61 bits per heavy atom. The molecule has 1 aromatic heterocycles. The van der Waals surface area contributed by atoms with E-state index in [4.69, 9.17) is 5.73 Å². The van der Waals surface area contributed by atoms with Crippen LogP contribution in [0.4, 0.5) is 5.82 Å². The van der Waals surface area contributed by atoms with Gasteiger partial charge in [0.25, 0.3) is 5.91 Å². The third kappa shape index (κ3) is 3.38. The highest BCUT2D eigenvalue weighted by molar-refractivity contribution is 8.00. The summed E-state index contributed by atoms with van der Waals surface area (Å²) >= 11 is 1.94. The van der Waals surface area contributed by atoms with E-state index >= 15 is 0 Å². The molecule has 0 spiro atoms. The zero-order valence-electron chi connectivity index (χ0n) is 10.6. The Bertz CT molecular complexity index is 430. The molecule has 1 aliphatic rings. The molecular weight excluding hydrogens is 246 g/mol. The molecular formula is C13H19N3OS. The van der Waals surface area contributed by atoms with E-state index in [9.17, 15) is 4.79 Å². The van der Waals surface area contributed by atoms with Gasteiger partial charge in [0.05, 0.1) is 0 Å². The topological polar surface area (TPSA) is 68.0 Å². The number of carbonyl (C=O) groups is 1. The summed E-state index contributed by atoms with van der Waals surface area (Å²) in [5.41, 5.74) is 7.17. The van der Waals surface area contributed by atoms with Crippen molar-refractivity contribution in [3.63, 3.8) is 0 Å². The van der Waals surface area contributed by atoms with E-state index in [0.29, 0.717) is 16.6 Å². The van der Waals surface area contributed by atoms with Crippen LogP contribution in [-0.2, 0) is 6.42 Å². The maximum absolute atomic E-state index is 12.0. The lowest BCUT2D eigenvalue weighted by Gasteiger charge is -2.11. The molecule has 18 heavy (non-hydrogen) atoms. The number of rotatable bonds is 4. The molecule has 2 heterocycles. The van der Waals surface area contributed by atoms with Crippen molar-refractivity contribution < 1.29 is 4.79 Å². The van der Waals surface area contributed by atoms with E-state index in [0.717, 1.165) is 18.7 Å². The fraction of sp³-hybridized carbons (Fsp3) is 0.538. The number of aromatic nitrogens is 1. The number of anilines is 1. The normalized spacial score (nSPS) is 18.8. The first kappa shape index (κ1) is 13.2. The van der Waals surface area contributed by atoms with Gasteiger partial charge in [-0.15, -0.1) is 0 Å². The van der Waals surface area contributed by atoms with E-state index in [1.54, 1.807) is 6.07 Å². The summed E-state index contributed by atoms with van der Waals surface area (Å²) < 4.78 is 0. The molecule has 1 atom stereocenters. The Hall–Kier alpha value is -1.23. The smallest absolute Gasteiger partial charge is 0.251 e. The molecule has 1 amide bonds. The Morgan fingerprint density at radius 3 is 3.11 bits per heavy atom. The van der Waals surface area contributed by atoms with Crippen LogP contribution in [0.5, 0.6) is 0 Å². The number of thioether (sulfide) groups is 1. The third-order valence-corrected chi connectivity index (χ3v) is 4.44. The molecule has 98 valence electrons. The monoisotopic (exact) mass is 265 g/mol. The lowest BCUT2D eigenvalue weighted by Crippen LogP contribution is -2.29. The lowest BCUT2D eigenvalue weighted by molar-refractivity contribution is 0.0953. The molecule has 0 radical (unpaired) electrons. The molecule has 0 aliphatic carbocycles. The first-order valence-electron chi connectivity index (χ1n) is 6.35. The second kappa shape index (κ2) is 6.09. The highest BCUT2D eigenvalue weighted by atomic mass is 32.2. The van der Waals surface area contributed by atoms with Crippen LogP contribution in [0.1, 0.15) is 35.8 Å². The van der Waals surface area contributed by atoms with Gasteiger partial charge < -0.3 is 11.1 Å². The van der Waals surface area contributed by atoms with E-state index in [1.165, 1.54) is 18.6 Å². The van der Waals surface area contributed by atoms with Gasteiger partial charge in [-0.3, -0.25) is 4.79 Å². The standard InChI is InChI=1S/C13H19N3OS/c1-2-10-6-9(7-12(14)16-10)13(17)15-8-11-4-3-5-18-11/h6-7,11H,2-5,8H2,1H3,(H2,14,16)(H,15,17). The Labute approximate surface area is 112 Å². The molecule has 0 saturated carbocycles. The number of nitrogens with two attached hydrogens (primary N) is 1. The van der Waals surface area contributed by atoms with E-state index in [1.807, 2.05) is 24.8 Å². The Morgan fingerprint density at radius 2 is 2.44 bits per heavy atom. The summed E-state index contributed by atoms with van der Waals surface area (Å²) in [7, 11) is 0. The Balaban J connectivity index is 1.97. The van der Waals surface area contributed by atoms with Gasteiger partial charge in [0.1, 0.15) is 5.82 Å². The van der Waals surface area contributed by atoms with Gasteiger partial charge in [-0.2, -0.15) is 11.8 Å². The van der Waals surface area contributed by atoms with Crippen molar-refractivity contribution in [3.05, 3.63) is 23.4 Å². The van der Waals surface area contributed by atoms with Crippen LogP contribution in [-0.4, -0.2) is 28.4 Å². The van der Waals surface area contributed by atoms with Crippen molar-refractivity contribution in [2.24, 2.45) is 0 Å². The average Bonchev–Trinajstić information content (AvgIpc) is 2.88. The maximum atomic E-state index is 12.0. The quantitative estimate of drug-likeness (QED) is 0.872. The van der Waals surface area contributed by atoms with E-state index in [2.05, 4.69) is 10.3 Å². The van der Waals surface area contributed by atoms with Gasteiger partial charge in [-0.1, -0.05) is 6.92 Å². The number of nitrogens with one attached hydrogen (secondary N) is 1. The number of amides is 1. The second-order valence-electron chi connectivity index (χ2n) is 4.47. The first-order valence-corrected chi connectivity index (χ1v) is 7.40. The van der Waals surface area contributed by atoms with Crippen LogP contribution < -0.4 is 11.1 Å². The minimum Gasteiger partial charge on any atom is -0.384 e. The van der Waals surface area contributed by atoms with Crippen LogP contribution in [0.15, 0.2) is 12.1 Å². The summed E-state index contributed by atoms with van der Waals surface area (Å²) in [6, 6.07) is 3.45. The summed E-state index contributed by atoms with van der Waals surface area (Å²) in [5, 5.41) is 3.54. The predicted molar refractivity (Wildman–Crippen MR) is 75.8 cm³/mol. The van der Waals surface area contributed by atoms with Crippen molar-refractivity contribution >= 4 is 23.5 Å². The number of aryl methyl sites for hydroxylation is 1. The molecule has 1 aliphatic heterocycles. The van der Waals surface area contributed by atoms with E-state index < -0.39 is 0 Å². The van der Waals surface area contributed by atoms with Crippen LogP contribution in [0.3, 0.4) is 0 Å². The van der Waals surface area contributed by atoms with Crippen LogP contribution in [0.2, 0.25) is 0 Å². The fourth-order valence-electron chi connectivity index (χ4n) is 2.04. The van der Waals surface area contributed by atoms with Crippen molar-refractivity contribution in [1.82, 2.24) is 10.3 Å². The van der Waals surface area contributed by atoms with Crippen LogP contribution in [0, 0.1) is 0 Å². The number of hydrogen-bond acceptors (Lipinski definition) is 4. The maximum Gasteiger partial charge on any atom is 0.251 e. The number of carbonyl (C=O) groups excluding carboxylic acids is 1. The zero-order chi connectivity index (χ0) is 13.0. The predicted octanol–water partition coefficient (Wildman–Crippen LogP) is 1.85. The molecule has 0 bridgehead atoms. The number of nitrogens with zero attached hydrogens (tertiary/aromatic N) is 1. The molecule has 2 rings (SSSR count). The minimum atomic E-state index is -0.0497. The molecule has 4 nitrogen and oxygen atoms in total. The van der Waals surface area contributed by atoms with Crippen LogP contribution in [0.25, 0.3) is 0 Å². The average molecular weight is 265 g/mol. The molecule has 1 unspecified atom stereocenters. The third-order valence-electron chi connectivity index (χ3n) is 3.04. The van der Waals surface area contributed by atoms with Gasteiger partial charge in [-0.05, 0) is 37.1 Å². The Kier molecular flexibility index (Phi) is 4.47. The van der Waals surface area contributed by atoms with Gasteiger partial charge in [0, 0.05) is 23.1 Å². The number of hydrogen-bond donors (Lipinski definition) is 2. The zero-order valence-corrected chi connectivity index (χ0v) is 11.4. The SMILES string of the molecule is CCc1cc(C(=O)NCC2CCCS2)cc(N)n1. The summed E-state index contributed by atoms with van der Waals surface area (Å²) in [4.78, 5) is 16.2. The van der Waals surface area contributed by atoms with Gasteiger partial charge in [0.15, 0.2) is 0 Å². The molecule has 0 aromatic carbocycles. The highest BCUT2D eigenvalue weighted by Gasteiger charge is 2.17. The largest absolute Gasteiger partial charge is 0.384 e. The summed E-state index contributed by atoms with van der Waals surface area (Å²) in [5.74, 6) is 1.57. The van der Waals surface area contributed by atoms with Crippen molar-refractivity contribution in [3.8, 4) is 0 Å². The van der Waals surface area contributed by atoms with Gasteiger partial charge in [0.2, 0.25) is 0 Å². The number of nitrogen functional groups attached to an aromatic ring is 1. The second-order valence-corrected chi connectivity index (χ2v) is 5.88. The van der Waals surface area contributed by atoms with Gasteiger partial charge >= 0.3 is 0 Å². The lowest BCUT2D eigenvalue weighted by atomic mass is 10.1. The van der Waals surface area contributed by atoms with Crippen molar-refractivity contribution in [2.75, 3.05) is 18.0 Å². The summed E-state index contributed by atoms with van der Waals surface area (Å²) in [6.07, 6.45) is 3.24. The van der Waals surface area contributed by atoms with E-state index in [-0.39, 0.29) is 5.91 Å². The molecule has 3 N–H and O–H groups in total. The molecule has 1 saturated heterocycles. The minimum absolute atomic E-state index is 0.0497. The molecule has 1 fully saturated rings. The van der Waals surface area contributed by atoms with Gasteiger partial charge in [-0.25, -0.2) is 4.98 Å². The van der Waals surface area contributed by atoms with Crippen LogP contribution >= 0.6 is 11.8 Å². The number of pyridine rings is 1.